The van der Waals surface area contributed by atoms with Crippen LogP contribution in [0.3, 0.4) is 0 Å². The van der Waals surface area contributed by atoms with Gasteiger partial charge in [-0.15, -0.1) is 0 Å². The van der Waals surface area contributed by atoms with Gasteiger partial charge in [-0.3, -0.25) is 5.43 Å². The number of esters is 1. The first kappa shape index (κ1) is 31.1. The summed E-state index contributed by atoms with van der Waals surface area (Å²) in [7, 11) is 1.28. The van der Waals surface area contributed by atoms with E-state index in [0.717, 1.165) is 12.0 Å². The Bertz CT molecular complexity index is 1260. The Morgan fingerprint density at radius 2 is 1.71 bits per heavy atom. The van der Waals surface area contributed by atoms with Crippen LogP contribution in [0, 0.1) is 0 Å². The van der Waals surface area contributed by atoms with Gasteiger partial charge >= 0.3 is 12.0 Å². The zero-order chi connectivity index (χ0) is 29.8. The number of rotatable bonds is 15. The molecule has 1 aliphatic rings. The van der Waals surface area contributed by atoms with E-state index in [1.54, 1.807) is 31.3 Å². The predicted octanol–water partition coefficient (Wildman–Crippen LogP) is 3.39. The average Bonchev–Trinajstić information content (AvgIpc) is 2.95. The molecule has 2 amide bonds. The van der Waals surface area contributed by atoms with E-state index >= 15 is 0 Å². The maximum Gasteiger partial charge on any atom is 0.337 e. The largest absolute Gasteiger partial charge is 0.490 e. The Morgan fingerprint density at radius 3 is 2.39 bits per heavy atom. The summed E-state index contributed by atoms with van der Waals surface area (Å²) in [6.07, 6.45) is 1.31. The third-order valence-electron chi connectivity index (χ3n) is 5.84. The molecule has 222 valence electrons. The van der Waals surface area contributed by atoms with Crippen molar-refractivity contribution in [2.45, 2.75) is 46.4 Å². The third-order valence-corrected chi connectivity index (χ3v) is 5.84. The topological polar surface area (TPSA) is 149 Å². The number of aliphatic hydroxyl groups excluding tert-OH is 1. The van der Waals surface area contributed by atoms with Crippen molar-refractivity contribution < 1.29 is 38.4 Å². The number of methoxy groups -OCH3 is 1. The predicted molar refractivity (Wildman–Crippen MR) is 152 cm³/mol. The number of benzene rings is 2. The number of hydrogen-bond acceptors (Lipinski definition) is 10. The molecule has 2 atom stereocenters. The molecular formula is C29H38N4O8. The zero-order valence-corrected chi connectivity index (χ0v) is 24.0. The van der Waals surface area contributed by atoms with Crippen LogP contribution in [0.5, 0.6) is 23.0 Å². The molecule has 12 heteroatoms. The van der Waals surface area contributed by atoms with Crippen LogP contribution >= 0.6 is 0 Å². The fourth-order valence-corrected chi connectivity index (χ4v) is 4.02. The smallest absolute Gasteiger partial charge is 0.337 e. The van der Waals surface area contributed by atoms with Gasteiger partial charge in [0.25, 0.3) is 0 Å². The normalized spacial score (nSPS) is 15.6. The van der Waals surface area contributed by atoms with Gasteiger partial charge < -0.3 is 39.4 Å². The number of urea groups is 1. The van der Waals surface area contributed by atoms with E-state index in [9.17, 15) is 14.7 Å². The number of carbonyl (C=O) groups excluding carboxylic acids is 2. The summed E-state index contributed by atoms with van der Waals surface area (Å²) in [4.78, 5) is 24.5. The van der Waals surface area contributed by atoms with Gasteiger partial charge in [-0.2, -0.15) is 5.10 Å². The number of nitrogens with zero attached hydrogens (tertiary/aromatic N) is 1. The second-order valence-corrected chi connectivity index (χ2v) is 8.90. The number of allylic oxidation sites excluding steroid dienone is 1. The van der Waals surface area contributed by atoms with Crippen LogP contribution in [0.4, 0.5) is 4.79 Å². The molecule has 0 bridgehead atoms. The van der Waals surface area contributed by atoms with E-state index < -0.39 is 24.3 Å². The van der Waals surface area contributed by atoms with Crippen LogP contribution in [0.1, 0.15) is 51.3 Å². The first-order valence-electron chi connectivity index (χ1n) is 13.4. The minimum absolute atomic E-state index is 0.138. The van der Waals surface area contributed by atoms with Crippen LogP contribution in [-0.2, 0) is 9.53 Å². The molecule has 0 aromatic heterocycles. The Balaban J connectivity index is 1.67. The third kappa shape index (κ3) is 8.52. The minimum atomic E-state index is -1.13. The highest BCUT2D eigenvalue weighted by molar-refractivity contribution is 5.95. The summed E-state index contributed by atoms with van der Waals surface area (Å²) in [6, 6.07) is 9.30. The van der Waals surface area contributed by atoms with Gasteiger partial charge in [0.05, 0.1) is 44.8 Å². The number of nitrogens with one attached hydrogen (secondary N) is 3. The number of ether oxygens (including phenoxy) is 5. The van der Waals surface area contributed by atoms with Gasteiger partial charge in [-0.05, 0) is 68.7 Å². The first-order chi connectivity index (χ1) is 19.8. The second-order valence-electron chi connectivity index (χ2n) is 8.90. The maximum atomic E-state index is 12.4. The van der Waals surface area contributed by atoms with E-state index in [4.69, 9.17) is 23.7 Å². The van der Waals surface area contributed by atoms with Crippen molar-refractivity contribution in [3.05, 3.63) is 58.8 Å². The number of amides is 2. The minimum Gasteiger partial charge on any atom is -0.490 e. The Morgan fingerprint density at radius 1 is 1.02 bits per heavy atom. The monoisotopic (exact) mass is 570 g/mol. The maximum absolute atomic E-state index is 12.4. The van der Waals surface area contributed by atoms with Crippen LogP contribution in [0.15, 0.2) is 52.8 Å². The highest BCUT2D eigenvalue weighted by Crippen LogP contribution is 2.35. The Hall–Kier alpha value is -4.45. The van der Waals surface area contributed by atoms with Gasteiger partial charge in [0.15, 0.2) is 29.2 Å². The lowest BCUT2D eigenvalue weighted by molar-refractivity contribution is -0.136. The summed E-state index contributed by atoms with van der Waals surface area (Å²) >= 11 is 0. The van der Waals surface area contributed by atoms with Crippen molar-refractivity contribution in [2.24, 2.45) is 5.10 Å². The van der Waals surface area contributed by atoms with Gasteiger partial charge in [0.2, 0.25) is 0 Å². The SMILES string of the molecule is CCCOc1ccc(/C=N\N[C@@H](O)COc2ccc([C@@H]3NC(=O)NC(C)=C3C(=O)OC)cc2OCC)cc1OCC. The van der Waals surface area contributed by atoms with Gasteiger partial charge in [0.1, 0.15) is 6.61 Å². The lowest BCUT2D eigenvalue weighted by Gasteiger charge is -2.28. The summed E-state index contributed by atoms with van der Waals surface area (Å²) < 4.78 is 27.8. The number of hydrazone groups is 1. The molecule has 3 rings (SSSR count). The molecule has 0 saturated heterocycles. The van der Waals surface area contributed by atoms with Gasteiger partial charge in [0, 0.05) is 5.70 Å². The van der Waals surface area contributed by atoms with E-state index in [0.29, 0.717) is 54.1 Å². The van der Waals surface area contributed by atoms with Crippen LogP contribution in [0.25, 0.3) is 0 Å². The first-order valence-corrected chi connectivity index (χ1v) is 13.4. The molecule has 0 unspecified atom stereocenters. The van der Waals surface area contributed by atoms with Crippen molar-refractivity contribution in [1.82, 2.24) is 16.1 Å². The van der Waals surface area contributed by atoms with Crippen molar-refractivity contribution in [3.63, 3.8) is 0 Å². The molecule has 0 radical (unpaired) electrons. The highest BCUT2D eigenvalue weighted by atomic mass is 16.5. The molecule has 1 heterocycles. The van der Waals surface area contributed by atoms with E-state index in [-0.39, 0.29) is 12.2 Å². The Kier molecular flexibility index (Phi) is 11.6. The van der Waals surface area contributed by atoms with Crippen molar-refractivity contribution >= 4 is 18.2 Å². The van der Waals surface area contributed by atoms with Crippen molar-refractivity contribution in [2.75, 3.05) is 33.5 Å². The van der Waals surface area contributed by atoms with E-state index in [2.05, 4.69) is 21.2 Å². The molecule has 4 N–H and O–H groups in total. The van der Waals surface area contributed by atoms with E-state index in [1.165, 1.54) is 7.11 Å². The molecule has 0 saturated carbocycles. The number of aliphatic hydroxyl groups is 1. The molecule has 0 fully saturated rings. The molecule has 12 nitrogen and oxygen atoms in total. The van der Waals surface area contributed by atoms with Crippen molar-refractivity contribution in [1.29, 1.82) is 0 Å². The highest BCUT2D eigenvalue weighted by Gasteiger charge is 2.32. The molecule has 2 aromatic rings. The lowest BCUT2D eigenvalue weighted by atomic mass is 9.95. The quantitative estimate of drug-likeness (QED) is 0.109. The molecule has 0 aliphatic carbocycles. The van der Waals surface area contributed by atoms with Crippen LogP contribution < -0.4 is 35.0 Å². The van der Waals surface area contributed by atoms with Gasteiger partial charge in [-0.1, -0.05) is 13.0 Å². The molecule has 1 aliphatic heterocycles. The number of hydrogen-bond donors (Lipinski definition) is 4. The van der Waals surface area contributed by atoms with Crippen LogP contribution in [0.2, 0.25) is 0 Å². The average molecular weight is 571 g/mol. The number of carbonyl (C=O) groups is 2. The summed E-state index contributed by atoms with van der Waals surface area (Å²) in [5.74, 6) is 1.46. The van der Waals surface area contributed by atoms with Crippen molar-refractivity contribution in [3.8, 4) is 23.0 Å². The fraction of sp³-hybridized carbons (Fsp3) is 0.414. The molecule has 0 spiro atoms. The molecule has 41 heavy (non-hydrogen) atoms. The van der Waals surface area contributed by atoms with E-state index in [1.807, 2.05) is 39.0 Å². The zero-order valence-electron chi connectivity index (χ0n) is 24.0. The van der Waals surface area contributed by atoms with Crippen LogP contribution in [-0.4, -0.2) is 63.1 Å². The standard InChI is InChI=1S/C29H38N4O8/c1-6-13-40-21-11-9-19(14-23(21)38-7-2)16-30-33-25(34)17-41-22-12-10-20(15-24(22)39-8-3)27-26(28(35)37-5)18(4)31-29(36)32-27/h9-12,14-16,25,27,33-34H,6-8,13,17H2,1-5H3,(H2,31,32,36)/b30-16-/t25-,27-/m0/s1. The fourth-order valence-electron chi connectivity index (χ4n) is 4.02. The lowest BCUT2D eigenvalue weighted by Crippen LogP contribution is -2.45. The van der Waals surface area contributed by atoms with Gasteiger partial charge in [-0.25, -0.2) is 9.59 Å². The Labute approximate surface area is 239 Å². The second kappa shape index (κ2) is 15.4. The summed E-state index contributed by atoms with van der Waals surface area (Å²) in [5.41, 5.74) is 4.65. The summed E-state index contributed by atoms with van der Waals surface area (Å²) in [5, 5.41) is 19.8. The molecule has 2 aromatic carbocycles. The summed E-state index contributed by atoms with van der Waals surface area (Å²) in [6.45, 7) is 8.67. The molecular weight excluding hydrogens is 532 g/mol.